The Bertz CT molecular complexity index is 496. The van der Waals surface area contributed by atoms with Crippen LogP contribution in [0.1, 0.15) is 17.0 Å². The molecule has 0 heterocycles. The lowest BCUT2D eigenvalue weighted by atomic mass is 9.88. The highest BCUT2D eigenvalue weighted by atomic mass is 19.1. The Morgan fingerprint density at radius 1 is 0.947 bits per heavy atom. The molecule has 0 fully saturated rings. The van der Waals surface area contributed by atoms with Crippen molar-refractivity contribution in [3.8, 4) is 0 Å². The molecule has 0 saturated carbocycles. The Kier molecular flexibility index (Phi) is 4.66. The molecule has 0 spiro atoms. The predicted octanol–water partition coefficient (Wildman–Crippen LogP) is 2.44. The van der Waals surface area contributed by atoms with E-state index in [-0.39, 0.29) is 17.8 Å². The van der Waals surface area contributed by atoms with Crippen LogP contribution in [-0.2, 0) is 6.42 Å². The van der Waals surface area contributed by atoms with E-state index in [0.717, 1.165) is 12.0 Å². The van der Waals surface area contributed by atoms with Gasteiger partial charge in [-0.2, -0.15) is 0 Å². The van der Waals surface area contributed by atoms with Crippen LogP contribution >= 0.6 is 0 Å². The van der Waals surface area contributed by atoms with Gasteiger partial charge in [-0.05, 0) is 29.7 Å². The summed E-state index contributed by atoms with van der Waals surface area (Å²) in [6, 6.07) is 16.4. The summed E-state index contributed by atoms with van der Waals surface area (Å²) in [6.45, 7) is 0.458. The summed E-state index contributed by atoms with van der Waals surface area (Å²) in [5.41, 5.74) is 14.3. The third kappa shape index (κ3) is 3.63. The van der Waals surface area contributed by atoms with Crippen LogP contribution < -0.4 is 11.5 Å². The molecule has 2 aromatic carbocycles. The second-order valence-corrected chi connectivity index (χ2v) is 4.75. The number of hydrogen-bond acceptors (Lipinski definition) is 2. The fraction of sp³-hybridized carbons (Fsp3) is 0.250. The maximum atomic E-state index is 12.9. The van der Waals surface area contributed by atoms with Gasteiger partial charge in [0.2, 0.25) is 0 Å². The summed E-state index contributed by atoms with van der Waals surface area (Å²) < 4.78 is 12.9. The summed E-state index contributed by atoms with van der Waals surface area (Å²) >= 11 is 0. The summed E-state index contributed by atoms with van der Waals surface area (Å²) in [6.07, 6.45) is 0.764. The number of nitrogens with two attached hydrogens (primary N) is 2. The first-order valence-electron chi connectivity index (χ1n) is 6.45. The molecule has 19 heavy (non-hydrogen) atoms. The zero-order valence-electron chi connectivity index (χ0n) is 10.8. The van der Waals surface area contributed by atoms with Crippen molar-refractivity contribution in [2.45, 2.75) is 18.4 Å². The fourth-order valence-corrected chi connectivity index (χ4v) is 2.30. The predicted molar refractivity (Wildman–Crippen MR) is 76.3 cm³/mol. The van der Waals surface area contributed by atoms with Crippen molar-refractivity contribution in [3.63, 3.8) is 0 Å². The van der Waals surface area contributed by atoms with Crippen molar-refractivity contribution < 1.29 is 4.39 Å². The molecule has 4 N–H and O–H groups in total. The SMILES string of the molecule is NCC(c1ccc(F)cc1)C(N)Cc1ccccc1. The van der Waals surface area contributed by atoms with E-state index in [0.29, 0.717) is 6.54 Å². The van der Waals surface area contributed by atoms with Gasteiger partial charge in [0.25, 0.3) is 0 Å². The highest BCUT2D eigenvalue weighted by Gasteiger charge is 2.18. The lowest BCUT2D eigenvalue weighted by molar-refractivity contribution is 0.534. The first kappa shape index (κ1) is 13.7. The molecule has 100 valence electrons. The van der Waals surface area contributed by atoms with Crippen LogP contribution in [0.25, 0.3) is 0 Å². The normalized spacial score (nSPS) is 14.1. The van der Waals surface area contributed by atoms with Gasteiger partial charge < -0.3 is 11.5 Å². The zero-order valence-corrected chi connectivity index (χ0v) is 10.8. The maximum absolute atomic E-state index is 12.9. The summed E-state index contributed by atoms with van der Waals surface area (Å²) in [5.74, 6) is -0.197. The van der Waals surface area contributed by atoms with Gasteiger partial charge in [0.15, 0.2) is 0 Å². The average molecular weight is 258 g/mol. The van der Waals surface area contributed by atoms with Crippen LogP contribution in [0.15, 0.2) is 54.6 Å². The molecule has 0 radical (unpaired) electrons. The molecule has 2 aromatic rings. The second kappa shape index (κ2) is 6.45. The zero-order chi connectivity index (χ0) is 13.7. The highest BCUT2D eigenvalue weighted by molar-refractivity contribution is 5.24. The second-order valence-electron chi connectivity index (χ2n) is 4.75. The van der Waals surface area contributed by atoms with Crippen molar-refractivity contribution in [2.75, 3.05) is 6.54 Å². The highest BCUT2D eigenvalue weighted by Crippen LogP contribution is 2.20. The van der Waals surface area contributed by atoms with Gasteiger partial charge in [-0.3, -0.25) is 0 Å². The van der Waals surface area contributed by atoms with Crippen LogP contribution in [0.2, 0.25) is 0 Å². The maximum Gasteiger partial charge on any atom is 0.123 e. The third-order valence-electron chi connectivity index (χ3n) is 3.38. The van der Waals surface area contributed by atoms with Crippen molar-refractivity contribution in [1.29, 1.82) is 0 Å². The van der Waals surface area contributed by atoms with Gasteiger partial charge >= 0.3 is 0 Å². The molecule has 2 nitrogen and oxygen atoms in total. The van der Waals surface area contributed by atoms with Gasteiger partial charge in [0.05, 0.1) is 0 Å². The van der Waals surface area contributed by atoms with Gasteiger partial charge in [0, 0.05) is 18.5 Å². The summed E-state index contributed by atoms with van der Waals surface area (Å²) in [5, 5.41) is 0. The average Bonchev–Trinajstić information content (AvgIpc) is 2.43. The van der Waals surface area contributed by atoms with Gasteiger partial charge in [-0.25, -0.2) is 4.39 Å². The molecule has 0 saturated heterocycles. The van der Waals surface area contributed by atoms with E-state index in [4.69, 9.17) is 11.5 Å². The fourth-order valence-electron chi connectivity index (χ4n) is 2.30. The molecule has 2 atom stereocenters. The minimum atomic E-state index is -0.240. The first-order chi connectivity index (χ1) is 9.20. The van der Waals surface area contributed by atoms with Gasteiger partial charge in [0.1, 0.15) is 5.82 Å². The minimum absolute atomic E-state index is 0.0424. The molecule has 0 aliphatic carbocycles. The monoisotopic (exact) mass is 258 g/mol. The van der Waals surface area contributed by atoms with Crippen molar-refractivity contribution in [1.82, 2.24) is 0 Å². The minimum Gasteiger partial charge on any atom is -0.330 e. The number of rotatable bonds is 5. The summed E-state index contributed by atoms with van der Waals surface area (Å²) in [4.78, 5) is 0. The lowest BCUT2D eigenvalue weighted by Gasteiger charge is -2.23. The van der Waals surface area contributed by atoms with E-state index in [1.165, 1.54) is 17.7 Å². The largest absolute Gasteiger partial charge is 0.330 e. The smallest absolute Gasteiger partial charge is 0.123 e. The molecule has 0 aromatic heterocycles. The molecular weight excluding hydrogens is 239 g/mol. The van der Waals surface area contributed by atoms with Crippen LogP contribution in [0.3, 0.4) is 0 Å². The van der Waals surface area contributed by atoms with Gasteiger partial charge in [-0.15, -0.1) is 0 Å². The molecule has 3 heteroatoms. The molecule has 0 bridgehead atoms. The molecular formula is C16H19FN2. The molecule has 0 amide bonds. The van der Waals surface area contributed by atoms with Crippen LogP contribution in [0.5, 0.6) is 0 Å². The molecule has 0 aliphatic heterocycles. The molecule has 2 unspecified atom stereocenters. The molecule has 2 rings (SSSR count). The van der Waals surface area contributed by atoms with E-state index in [1.807, 2.05) is 18.2 Å². The van der Waals surface area contributed by atoms with Gasteiger partial charge in [-0.1, -0.05) is 42.5 Å². The Morgan fingerprint density at radius 3 is 2.16 bits per heavy atom. The Hall–Kier alpha value is -1.71. The van der Waals surface area contributed by atoms with Crippen molar-refractivity contribution in [3.05, 3.63) is 71.5 Å². The molecule has 0 aliphatic rings. The van der Waals surface area contributed by atoms with Crippen LogP contribution in [0, 0.1) is 5.82 Å². The summed E-state index contributed by atoms with van der Waals surface area (Å²) in [7, 11) is 0. The van der Waals surface area contributed by atoms with Crippen LogP contribution in [0.4, 0.5) is 4.39 Å². The number of benzene rings is 2. The van der Waals surface area contributed by atoms with Crippen LogP contribution in [-0.4, -0.2) is 12.6 Å². The topological polar surface area (TPSA) is 52.0 Å². The lowest BCUT2D eigenvalue weighted by Crippen LogP contribution is -2.35. The van der Waals surface area contributed by atoms with E-state index >= 15 is 0 Å². The standard InChI is InChI=1S/C16H19FN2/c17-14-8-6-13(7-9-14)15(11-18)16(19)10-12-4-2-1-3-5-12/h1-9,15-16H,10-11,18-19H2. The van der Waals surface area contributed by atoms with Crippen molar-refractivity contribution in [2.24, 2.45) is 11.5 Å². The Morgan fingerprint density at radius 2 is 1.58 bits per heavy atom. The quantitative estimate of drug-likeness (QED) is 0.865. The van der Waals surface area contributed by atoms with Crippen molar-refractivity contribution >= 4 is 0 Å². The van der Waals surface area contributed by atoms with E-state index in [1.54, 1.807) is 12.1 Å². The Balaban J connectivity index is 2.11. The number of hydrogen-bond donors (Lipinski definition) is 2. The third-order valence-corrected chi connectivity index (χ3v) is 3.38. The van der Waals surface area contributed by atoms with E-state index in [9.17, 15) is 4.39 Å². The Labute approximate surface area is 113 Å². The first-order valence-corrected chi connectivity index (χ1v) is 6.45. The van der Waals surface area contributed by atoms with E-state index < -0.39 is 0 Å². The number of halogens is 1. The van der Waals surface area contributed by atoms with E-state index in [2.05, 4.69) is 12.1 Å².